The Morgan fingerprint density at radius 2 is 1.78 bits per heavy atom. The first-order chi connectivity index (χ1) is 7.95. The van der Waals surface area contributed by atoms with Crippen molar-refractivity contribution in [2.75, 3.05) is 0 Å². The minimum Gasteiger partial charge on any atom is -0.451 e. The van der Waals surface area contributed by atoms with Crippen molar-refractivity contribution in [1.29, 1.82) is 0 Å². The molecule has 0 saturated carbocycles. The molecule has 1 aromatic rings. The molecular weight excluding hydrogens is 263 g/mol. The van der Waals surface area contributed by atoms with Gasteiger partial charge in [0.05, 0.1) is 0 Å². The Balaban J connectivity index is 0.00000162. The smallest absolute Gasteiger partial charge is 0.335 e. The molecule has 0 N–H and O–H groups in total. The van der Waals surface area contributed by atoms with Crippen molar-refractivity contribution >= 4 is 11.5 Å². The van der Waals surface area contributed by atoms with Crippen molar-refractivity contribution in [3.05, 3.63) is 41.0 Å². The van der Waals surface area contributed by atoms with Gasteiger partial charge in [0, 0.05) is 35.3 Å². The summed E-state index contributed by atoms with van der Waals surface area (Å²) in [6.07, 6.45) is 5.32. The zero-order chi connectivity index (χ0) is 12.6. The topological polar surface area (TPSA) is 26.3 Å². The second-order valence-electron chi connectivity index (χ2n) is 4.62. The summed E-state index contributed by atoms with van der Waals surface area (Å²) < 4.78 is 5.33. The molecule has 2 nitrogen and oxygen atoms in total. The molecule has 1 heterocycles. The average Bonchev–Trinajstić information content (AvgIpc) is 2.48. The molecule has 1 aliphatic heterocycles. The van der Waals surface area contributed by atoms with Gasteiger partial charge in [-0.15, -0.1) is 6.42 Å². The summed E-state index contributed by atoms with van der Waals surface area (Å²) in [5.41, 5.74) is 2.85. The fourth-order valence-corrected chi connectivity index (χ4v) is 2.21. The zero-order valence-electron chi connectivity index (χ0n) is 10.7. The second kappa shape index (κ2) is 5.06. The van der Waals surface area contributed by atoms with Gasteiger partial charge in [0.25, 0.3) is 0 Å². The first-order valence-electron chi connectivity index (χ1n) is 5.47. The van der Waals surface area contributed by atoms with E-state index in [1.807, 2.05) is 38.1 Å². The number of rotatable bonds is 1. The van der Waals surface area contributed by atoms with Crippen LogP contribution in [-0.4, -0.2) is 11.6 Å². The maximum atomic E-state index is 11.6. The number of benzene rings is 1. The van der Waals surface area contributed by atoms with Gasteiger partial charge in [-0.1, -0.05) is 18.1 Å². The fraction of sp³-hybridized carbons (Fsp3) is 0.267. The van der Waals surface area contributed by atoms with Crippen molar-refractivity contribution in [1.82, 2.24) is 0 Å². The number of terminal acetylenes is 1. The first kappa shape index (κ1) is 14.6. The van der Waals surface area contributed by atoms with Crippen molar-refractivity contribution in [3.8, 4) is 12.3 Å². The first-order valence-corrected chi connectivity index (χ1v) is 5.47. The van der Waals surface area contributed by atoms with Crippen molar-refractivity contribution in [3.63, 3.8) is 0 Å². The Hall–Kier alpha value is -1.43. The second-order valence-corrected chi connectivity index (χ2v) is 4.62. The van der Waals surface area contributed by atoms with Crippen LogP contribution in [0.15, 0.2) is 29.8 Å². The minimum absolute atomic E-state index is 0. The minimum atomic E-state index is -0.571. The predicted molar refractivity (Wildman–Crippen MR) is 67.1 cm³/mol. The predicted octanol–water partition coefficient (Wildman–Crippen LogP) is 2.77. The Labute approximate surface area is 119 Å². The molecule has 91 valence electrons. The maximum Gasteiger partial charge on any atom is 0.335 e. The van der Waals surface area contributed by atoms with Gasteiger partial charge in [0.2, 0.25) is 0 Å². The summed E-state index contributed by atoms with van der Waals surface area (Å²) in [4.78, 5) is 11.6. The van der Waals surface area contributed by atoms with Crippen LogP contribution in [0.1, 0.15) is 31.9 Å². The van der Waals surface area contributed by atoms with Gasteiger partial charge in [-0.25, -0.2) is 4.79 Å². The van der Waals surface area contributed by atoms with E-state index >= 15 is 0 Å². The molecule has 0 saturated heterocycles. The average molecular weight is 277 g/mol. The van der Waals surface area contributed by atoms with Crippen LogP contribution >= 0.6 is 0 Å². The van der Waals surface area contributed by atoms with Gasteiger partial charge in [0.15, 0.2) is 0 Å². The summed E-state index contributed by atoms with van der Waals surface area (Å²) in [5, 5.41) is 0. The van der Waals surface area contributed by atoms with Crippen LogP contribution in [-0.2, 0) is 28.1 Å². The third kappa shape index (κ3) is 2.38. The van der Waals surface area contributed by atoms with Crippen LogP contribution in [0.2, 0.25) is 0 Å². The molecule has 0 bridgehead atoms. The molecule has 0 unspecified atom stereocenters. The number of hydrogen-bond acceptors (Lipinski definition) is 2. The van der Waals surface area contributed by atoms with Crippen LogP contribution in [0.4, 0.5) is 0 Å². The molecule has 18 heavy (non-hydrogen) atoms. The number of hydrogen-bond donors (Lipinski definition) is 0. The van der Waals surface area contributed by atoms with E-state index in [0.717, 1.165) is 16.7 Å². The van der Waals surface area contributed by atoms with E-state index < -0.39 is 5.60 Å². The van der Waals surface area contributed by atoms with Crippen LogP contribution in [0.5, 0.6) is 0 Å². The normalized spacial score (nSPS) is 16.9. The number of cyclic esters (lactones) is 1. The van der Waals surface area contributed by atoms with Gasteiger partial charge in [0.1, 0.15) is 5.60 Å². The number of ether oxygens (including phenoxy) is 1. The SMILES string of the molecule is C#Cc1ccc(C2=C(C)C(=O)OC2(C)C)cc1.[V]. The Morgan fingerprint density at radius 3 is 2.17 bits per heavy atom. The molecule has 2 rings (SSSR count). The van der Waals surface area contributed by atoms with E-state index in [0.29, 0.717) is 5.57 Å². The monoisotopic (exact) mass is 277 g/mol. The molecule has 0 fully saturated rings. The van der Waals surface area contributed by atoms with E-state index in [-0.39, 0.29) is 24.5 Å². The van der Waals surface area contributed by atoms with Gasteiger partial charge < -0.3 is 4.74 Å². The largest absolute Gasteiger partial charge is 0.451 e. The van der Waals surface area contributed by atoms with E-state index in [1.165, 1.54) is 0 Å². The summed E-state index contributed by atoms with van der Waals surface area (Å²) in [7, 11) is 0. The van der Waals surface area contributed by atoms with Crippen molar-refractivity contribution in [2.45, 2.75) is 26.4 Å². The van der Waals surface area contributed by atoms with Crippen LogP contribution in [0.25, 0.3) is 5.57 Å². The molecule has 0 aliphatic carbocycles. The van der Waals surface area contributed by atoms with Gasteiger partial charge in [-0.3, -0.25) is 0 Å². The number of esters is 1. The van der Waals surface area contributed by atoms with E-state index in [4.69, 9.17) is 11.2 Å². The van der Waals surface area contributed by atoms with Gasteiger partial charge >= 0.3 is 5.97 Å². The third-order valence-corrected chi connectivity index (χ3v) is 2.97. The maximum absolute atomic E-state index is 11.6. The Bertz CT molecular complexity index is 545. The summed E-state index contributed by atoms with van der Waals surface area (Å²) in [6.45, 7) is 5.58. The molecule has 3 heteroatoms. The van der Waals surface area contributed by atoms with Gasteiger partial charge in [-0.2, -0.15) is 0 Å². The number of carbonyl (C=O) groups excluding carboxylic acids is 1. The molecule has 1 aromatic carbocycles. The third-order valence-electron chi connectivity index (χ3n) is 2.97. The van der Waals surface area contributed by atoms with E-state index in [1.54, 1.807) is 6.92 Å². The van der Waals surface area contributed by atoms with Crippen molar-refractivity contribution < 1.29 is 28.1 Å². The molecule has 0 atom stereocenters. The van der Waals surface area contributed by atoms with Crippen molar-refractivity contribution in [2.24, 2.45) is 0 Å². The molecular formula is C15H14O2V. The summed E-state index contributed by atoms with van der Waals surface area (Å²) in [6, 6.07) is 7.60. The Kier molecular flexibility index (Phi) is 4.11. The van der Waals surface area contributed by atoms with Gasteiger partial charge in [-0.05, 0) is 38.5 Å². The van der Waals surface area contributed by atoms with Crippen LogP contribution in [0, 0.1) is 12.3 Å². The van der Waals surface area contributed by atoms with E-state index in [9.17, 15) is 4.79 Å². The quantitative estimate of drug-likeness (QED) is 0.583. The summed E-state index contributed by atoms with van der Waals surface area (Å²) >= 11 is 0. The molecule has 0 spiro atoms. The number of carbonyl (C=O) groups is 1. The Morgan fingerprint density at radius 1 is 1.22 bits per heavy atom. The van der Waals surface area contributed by atoms with Crippen LogP contribution < -0.4 is 0 Å². The summed E-state index contributed by atoms with van der Waals surface area (Å²) in [5.74, 6) is 2.33. The molecule has 0 aromatic heterocycles. The standard InChI is InChI=1S/C15H14O2.V/c1-5-11-6-8-12(9-7-11)13-10(2)14(16)17-15(13,3)4;/h1,6-9H,2-4H3;. The van der Waals surface area contributed by atoms with Crippen LogP contribution in [0.3, 0.4) is 0 Å². The molecule has 1 aliphatic rings. The molecule has 0 amide bonds. The fourth-order valence-electron chi connectivity index (χ4n) is 2.21. The zero-order valence-corrected chi connectivity index (χ0v) is 12.0. The molecule has 1 radical (unpaired) electrons. The van der Waals surface area contributed by atoms with E-state index in [2.05, 4.69) is 5.92 Å².